The number of nitrogens with two attached hydrogens (primary N) is 3. The first-order chi connectivity index (χ1) is 38.2. The van der Waals surface area contributed by atoms with E-state index in [4.69, 9.17) is 40.7 Å². The standard InChI is InChI=1S/C55H67N11O9S.C3H8/c1-33(35-9-11-36(12-10-35)52-34(2)60-32-76-52)61-54(69)46-7-5-19-65(46)51(68)28-43-27-50(62-75-43)71-22-23-72-55(70)63-20-16-40(17-21-63)73-41-25-42(26-41)74-49-24-37(15-18-59-49)66-38-13-14-39(66)31-64(30-38)47(53(57)58)29-45(56)44-6-3-4-8-48(44)67;1-3-2/h3-4,6,8-12,15,18,24,27,29,32-33,38-42,46,67H,5,7,13-14,16-17,19-23,25-26,28,30-31,56-58H2,1-2H3,(H,61,69);3H2,1-2H3/b45-29-;. The highest BCUT2D eigenvalue weighted by atomic mass is 32.1. The highest BCUT2D eigenvalue weighted by Crippen LogP contribution is 2.39. The molecule has 422 valence electrons. The van der Waals surface area contributed by atoms with Gasteiger partial charge in [0.25, 0.3) is 5.88 Å². The Morgan fingerprint density at radius 2 is 1.61 bits per heavy atom. The first-order valence-electron chi connectivity index (χ1n) is 27.7. The van der Waals surface area contributed by atoms with Crippen LogP contribution in [0.15, 0.2) is 101 Å². The number of allylic oxidation sites excluding steroid dienone is 1. The van der Waals surface area contributed by atoms with Crippen LogP contribution in [0.4, 0.5) is 10.5 Å². The average Bonchev–Trinajstić information content (AvgIpc) is 4.39. The highest BCUT2D eigenvalue weighted by Gasteiger charge is 2.42. The van der Waals surface area contributed by atoms with E-state index in [1.807, 2.05) is 61.8 Å². The zero-order valence-electron chi connectivity index (χ0n) is 45.6. The van der Waals surface area contributed by atoms with Crippen LogP contribution in [-0.2, 0) is 25.5 Å². The van der Waals surface area contributed by atoms with Gasteiger partial charge in [-0.2, -0.15) is 0 Å². The lowest BCUT2D eigenvalue weighted by molar-refractivity contribution is -0.138. The number of nitrogens with zero attached hydrogens (tertiary/aromatic N) is 7. The zero-order chi connectivity index (χ0) is 55.6. The highest BCUT2D eigenvalue weighted by molar-refractivity contribution is 7.13. The van der Waals surface area contributed by atoms with Crippen LogP contribution in [0.3, 0.4) is 0 Å². The van der Waals surface area contributed by atoms with Gasteiger partial charge in [0, 0.05) is 92.9 Å². The van der Waals surface area contributed by atoms with E-state index in [1.54, 1.807) is 57.7 Å². The molecule has 3 aromatic heterocycles. The first kappa shape index (κ1) is 56.2. The fraction of sp³-hybridized carbons (Fsp3) is 0.483. The van der Waals surface area contributed by atoms with Gasteiger partial charge in [0.15, 0.2) is 0 Å². The van der Waals surface area contributed by atoms with Crippen LogP contribution in [0.5, 0.6) is 17.5 Å². The molecule has 4 saturated heterocycles. The Balaban J connectivity index is 0.00000247. The summed E-state index contributed by atoms with van der Waals surface area (Å²) < 4.78 is 29.3. The third-order valence-electron chi connectivity index (χ3n) is 15.1. The Morgan fingerprint density at radius 1 is 0.873 bits per heavy atom. The van der Waals surface area contributed by atoms with Crippen molar-refractivity contribution in [3.05, 3.63) is 119 Å². The molecule has 20 nitrogen and oxygen atoms in total. The maximum absolute atomic E-state index is 13.4. The topological polar surface area (TPSA) is 263 Å². The predicted octanol–water partition coefficient (Wildman–Crippen LogP) is 7.38. The lowest BCUT2D eigenvalue weighted by Crippen LogP contribution is -2.53. The molecule has 8 N–H and O–H groups in total. The number of piperidine rings is 1. The number of fused-ring (bicyclic) bond motifs is 2. The van der Waals surface area contributed by atoms with Crippen molar-refractivity contribution < 1.29 is 43.0 Å². The minimum atomic E-state index is -0.575. The summed E-state index contributed by atoms with van der Waals surface area (Å²) in [6.45, 7) is 11.2. The van der Waals surface area contributed by atoms with Crippen LogP contribution in [0.1, 0.15) is 107 Å². The van der Waals surface area contributed by atoms with E-state index in [0.717, 1.165) is 59.5 Å². The number of hydrogen-bond acceptors (Lipinski definition) is 18. The SMILES string of the molecule is CCC.Cc1ncsc1-c1ccc(C(C)NC(=O)C2CCCN2C(=O)Cc2cc(OCCOC(=O)N3CCC(OC4CC(Oc5cc(N6C7CCC6CN(C(/C=C(\N)c6ccccc6O)=C(N)N)C7)ccn5)C4)CC3)no2)cc1. The van der Waals surface area contributed by atoms with Gasteiger partial charge in [-0.3, -0.25) is 9.59 Å². The van der Waals surface area contributed by atoms with Crippen molar-refractivity contribution in [3.8, 4) is 28.0 Å². The Morgan fingerprint density at radius 3 is 2.30 bits per heavy atom. The van der Waals surface area contributed by atoms with Crippen molar-refractivity contribution >= 4 is 40.6 Å². The molecule has 2 aromatic carbocycles. The minimum absolute atomic E-state index is 0.00108. The summed E-state index contributed by atoms with van der Waals surface area (Å²) in [6.07, 6.45) is 10.7. The molecule has 4 aliphatic heterocycles. The number of phenols is 1. The molecular formula is C58H75N11O9S. The molecule has 7 heterocycles. The van der Waals surface area contributed by atoms with Crippen LogP contribution >= 0.6 is 11.3 Å². The number of para-hydroxylation sites is 1. The van der Waals surface area contributed by atoms with Gasteiger partial charge >= 0.3 is 6.09 Å². The second-order valence-corrected chi connectivity index (χ2v) is 21.9. The molecule has 1 aliphatic carbocycles. The molecule has 5 aromatic rings. The van der Waals surface area contributed by atoms with Crippen molar-refractivity contribution in [2.24, 2.45) is 17.2 Å². The van der Waals surface area contributed by atoms with Crippen molar-refractivity contribution in [2.45, 2.75) is 134 Å². The number of piperazine rings is 1. The van der Waals surface area contributed by atoms with E-state index in [1.165, 1.54) is 6.42 Å². The lowest BCUT2D eigenvalue weighted by atomic mass is 9.91. The van der Waals surface area contributed by atoms with Gasteiger partial charge < -0.3 is 70.7 Å². The number of amides is 3. The van der Waals surface area contributed by atoms with E-state index >= 15 is 0 Å². The van der Waals surface area contributed by atoms with Gasteiger partial charge in [-0.15, -0.1) is 11.3 Å². The number of thiazole rings is 1. The van der Waals surface area contributed by atoms with E-state index in [9.17, 15) is 19.5 Å². The number of pyridine rings is 1. The van der Waals surface area contributed by atoms with Crippen LogP contribution in [0.25, 0.3) is 16.1 Å². The molecule has 4 atom stereocenters. The largest absolute Gasteiger partial charge is 0.507 e. The number of nitrogens with one attached hydrogen (secondary N) is 1. The quantitative estimate of drug-likeness (QED) is 0.0423. The summed E-state index contributed by atoms with van der Waals surface area (Å²) in [5, 5.41) is 17.4. The number of aryl methyl sites for hydroxylation is 1. The summed E-state index contributed by atoms with van der Waals surface area (Å²) in [6, 6.07) is 20.3. The Hall–Kier alpha value is -7.52. The molecule has 0 spiro atoms. The zero-order valence-corrected chi connectivity index (χ0v) is 46.4. The number of benzene rings is 2. The number of rotatable bonds is 18. The number of anilines is 1. The number of likely N-dealkylation sites (tertiary alicyclic amines) is 3. The fourth-order valence-electron chi connectivity index (χ4n) is 11.1. The number of phenolic OH excluding ortho intramolecular Hbond substituents is 1. The third-order valence-corrected chi connectivity index (χ3v) is 16.1. The summed E-state index contributed by atoms with van der Waals surface area (Å²) >= 11 is 1.60. The Bertz CT molecular complexity index is 2920. The summed E-state index contributed by atoms with van der Waals surface area (Å²) in [7, 11) is 0. The number of aromatic nitrogens is 3. The molecule has 10 rings (SSSR count). The van der Waals surface area contributed by atoms with Crippen LogP contribution in [0.2, 0.25) is 0 Å². The lowest BCUT2D eigenvalue weighted by Gasteiger charge is -2.44. The number of carbonyl (C=O) groups excluding carboxylic acids is 3. The molecule has 0 radical (unpaired) electrons. The molecule has 2 bridgehead atoms. The van der Waals surface area contributed by atoms with E-state index in [2.05, 4.69) is 44.1 Å². The van der Waals surface area contributed by atoms with Crippen molar-refractivity contribution in [1.82, 2.24) is 35.1 Å². The van der Waals surface area contributed by atoms with E-state index in [0.29, 0.717) is 80.6 Å². The summed E-state index contributed by atoms with van der Waals surface area (Å²) in [4.78, 5) is 57.7. The second kappa shape index (κ2) is 26.0. The Labute approximate surface area is 465 Å². The predicted molar refractivity (Wildman–Crippen MR) is 300 cm³/mol. The summed E-state index contributed by atoms with van der Waals surface area (Å²) in [5.74, 6) is 0.921. The number of ether oxygens (including phenoxy) is 4. The molecule has 1 saturated carbocycles. The minimum Gasteiger partial charge on any atom is -0.507 e. The van der Waals surface area contributed by atoms with Crippen LogP contribution < -0.4 is 36.9 Å². The molecule has 4 unspecified atom stereocenters. The van der Waals surface area contributed by atoms with Gasteiger partial charge in [0.2, 0.25) is 17.7 Å². The van der Waals surface area contributed by atoms with Gasteiger partial charge in [0.1, 0.15) is 42.7 Å². The smallest absolute Gasteiger partial charge is 0.409 e. The van der Waals surface area contributed by atoms with Gasteiger partial charge in [-0.25, -0.2) is 14.8 Å². The Kier molecular flexibility index (Phi) is 18.5. The maximum atomic E-state index is 13.4. The third kappa shape index (κ3) is 13.8. The van der Waals surface area contributed by atoms with Crippen molar-refractivity contribution in [3.63, 3.8) is 0 Å². The molecule has 21 heteroatoms. The monoisotopic (exact) mass is 1100 g/mol. The number of hydrogen-bond donors (Lipinski definition) is 5. The van der Waals surface area contributed by atoms with E-state index in [-0.39, 0.29) is 85.3 Å². The van der Waals surface area contributed by atoms with Crippen LogP contribution in [-0.4, -0.2) is 135 Å². The number of carbonyl (C=O) groups is 3. The normalized spacial score (nSPS) is 21.4. The van der Waals surface area contributed by atoms with Gasteiger partial charge in [-0.1, -0.05) is 56.7 Å². The number of aromatic hydroxyl groups is 1. The summed E-state index contributed by atoms with van der Waals surface area (Å²) in [5.41, 5.74) is 26.3. The fourth-order valence-corrected chi connectivity index (χ4v) is 11.9. The molecule has 5 fully saturated rings. The molecule has 5 aliphatic rings. The van der Waals surface area contributed by atoms with Gasteiger partial charge in [-0.05, 0) is 92.9 Å². The maximum Gasteiger partial charge on any atom is 0.409 e. The first-order valence-corrected chi connectivity index (χ1v) is 28.6. The second-order valence-electron chi connectivity index (χ2n) is 21.0. The van der Waals surface area contributed by atoms with Crippen molar-refractivity contribution in [2.75, 3.05) is 50.8 Å². The van der Waals surface area contributed by atoms with Crippen molar-refractivity contribution in [1.29, 1.82) is 0 Å². The van der Waals surface area contributed by atoms with Crippen LogP contribution in [0, 0.1) is 6.92 Å². The van der Waals surface area contributed by atoms with E-state index < -0.39 is 12.1 Å². The van der Waals surface area contributed by atoms with Gasteiger partial charge in [0.05, 0.1) is 46.4 Å². The molecular weight excluding hydrogens is 1030 g/mol. The molecule has 3 amide bonds. The molecule has 79 heavy (non-hydrogen) atoms. The average molecular weight is 1100 g/mol.